The molecule has 1 saturated heterocycles. The molecule has 1 fully saturated rings. The van der Waals surface area contributed by atoms with Gasteiger partial charge in [-0.2, -0.15) is 10.1 Å². The maximum atomic E-state index is 11.5. The predicted molar refractivity (Wildman–Crippen MR) is 137 cm³/mol. The largest absolute Gasteiger partial charge is 0.362 e. The lowest BCUT2D eigenvalue weighted by Crippen LogP contribution is -2.51. The average molecular weight is 474 g/mol. The van der Waals surface area contributed by atoms with Crippen molar-refractivity contribution in [1.82, 2.24) is 29.6 Å². The SMILES string of the molecule is CCC(C)n1ncc2nc(N3CCN(C(N)=O)CC3)nc(NC(C)c3cnc4ccccc4c3)c21. The van der Waals surface area contributed by atoms with Crippen molar-refractivity contribution < 1.29 is 4.79 Å². The number of aromatic nitrogens is 5. The molecule has 5 rings (SSSR count). The van der Waals surface area contributed by atoms with Gasteiger partial charge in [-0.25, -0.2) is 9.78 Å². The van der Waals surface area contributed by atoms with Crippen molar-refractivity contribution >= 4 is 39.7 Å². The summed E-state index contributed by atoms with van der Waals surface area (Å²) in [5.74, 6) is 1.36. The molecule has 1 aliphatic rings. The highest BCUT2D eigenvalue weighted by molar-refractivity contribution is 5.87. The van der Waals surface area contributed by atoms with Crippen LogP contribution in [0.1, 0.15) is 44.8 Å². The molecule has 0 aliphatic carbocycles. The lowest BCUT2D eigenvalue weighted by atomic mass is 10.1. The Labute approximate surface area is 204 Å². The average Bonchev–Trinajstić information content (AvgIpc) is 3.32. The van der Waals surface area contributed by atoms with E-state index in [2.05, 4.69) is 53.2 Å². The van der Waals surface area contributed by atoms with Crippen molar-refractivity contribution in [2.45, 2.75) is 39.3 Å². The van der Waals surface area contributed by atoms with Crippen molar-refractivity contribution in [3.8, 4) is 0 Å². The van der Waals surface area contributed by atoms with Crippen LogP contribution in [0.2, 0.25) is 0 Å². The summed E-state index contributed by atoms with van der Waals surface area (Å²) in [4.78, 5) is 29.7. The number of para-hydroxylation sites is 1. The van der Waals surface area contributed by atoms with E-state index in [1.165, 1.54) is 0 Å². The van der Waals surface area contributed by atoms with Crippen LogP contribution in [0.5, 0.6) is 0 Å². The number of fused-ring (bicyclic) bond motifs is 2. The number of hydrogen-bond donors (Lipinski definition) is 2. The number of anilines is 2. The van der Waals surface area contributed by atoms with E-state index in [-0.39, 0.29) is 12.1 Å². The lowest BCUT2D eigenvalue weighted by Gasteiger charge is -2.34. The lowest BCUT2D eigenvalue weighted by molar-refractivity contribution is 0.204. The van der Waals surface area contributed by atoms with Crippen LogP contribution < -0.4 is 16.0 Å². The summed E-state index contributed by atoms with van der Waals surface area (Å²) in [6.45, 7) is 8.73. The van der Waals surface area contributed by atoms with Gasteiger partial charge in [0.05, 0.1) is 17.8 Å². The molecule has 4 aromatic rings. The van der Waals surface area contributed by atoms with Crippen LogP contribution in [0.15, 0.2) is 42.7 Å². The summed E-state index contributed by atoms with van der Waals surface area (Å²) in [6.07, 6.45) is 4.66. The van der Waals surface area contributed by atoms with E-state index in [1.807, 2.05) is 29.1 Å². The number of pyridine rings is 1. The van der Waals surface area contributed by atoms with Crippen molar-refractivity contribution in [2.75, 3.05) is 36.4 Å². The summed E-state index contributed by atoms with van der Waals surface area (Å²) in [5, 5.41) is 9.36. The quantitative estimate of drug-likeness (QED) is 0.438. The second-order valence-corrected chi connectivity index (χ2v) is 9.09. The fourth-order valence-electron chi connectivity index (χ4n) is 4.44. The second kappa shape index (κ2) is 9.36. The first-order valence-electron chi connectivity index (χ1n) is 12.1. The van der Waals surface area contributed by atoms with E-state index in [9.17, 15) is 4.79 Å². The minimum atomic E-state index is -0.393. The number of nitrogens with one attached hydrogen (secondary N) is 1. The molecule has 0 bridgehead atoms. The van der Waals surface area contributed by atoms with Gasteiger partial charge in [-0.1, -0.05) is 25.1 Å². The Bertz CT molecular complexity index is 1360. The molecule has 1 aromatic carbocycles. The summed E-state index contributed by atoms with van der Waals surface area (Å²) < 4.78 is 2.00. The number of amides is 2. The van der Waals surface area contributed by atoms with Gasteiger partial charge in [-0.15, -0.1) is 0 Å². The van der Waals surface area contributed by atoms with Gasteiger partial charge in [0.1, 0.15) is 11.0 Å². The molecule has 1 aliphatic heterocycles. The Hall–Kier alpha value is -3.95. The number of carbonyl (C=O) groups excluding carboxylic acids is 1. The Balaban J connectivity index is 1.51. The molecule has 0 spiro atoms. The number of primary amides is 1. The van der Waals surface area contributed by atoms with Gasteiger partial charge >= 0.3 is 6.03 Å². The minimum Gasteiger partial charge on any atom is -0.362 e. The van der Waals surface area contributed by atoms with Gasteiger partial charge in [-0.05, 0) is 38.0 Å². The fraction of sp³-hybridized carbons (Fsp3) is 0.400. The highest BCUT2D eigenvalue weighted by Gasteiger charge is 2.24. The van der Waals surface area contributed by atoms with Gasteiger partial charge < -0.3 is 20.9 Å². The van der Waals surface area contributed by atoms with E-state index in [1.54, 1.807) is 11.1 Å². The van der Waals surface area contributed by atoms with E-state index >= 15 is 0 Å². The van der Waals surface area contributed by atoms with Gasteiger partial charge in [-0.3, -0.25) is 9.67 Å². The Morgan fingerprint density at radius 1 is 1.09 bits per heavy atom. The van der Waals surface area contributed by atoms with Crippen molar-refractivity contribution in [2.24, 2.45) is 5.73 Å². The summed E-state index contributed by atoms with van der Waals surface area (Å²) >= 11 is 0. The topological polar surface area (TPSA) is 118 Å². The second-order valence-electron chi connectivity index (χ2n) is 9.09. The van der Waals surface area contributed by atoms with E-state index < -0.39 is 6.03 Å². The predicted octanol–water partition coefficient (Wildman–Crippen LogP) is 3.72. The fourth-order valence-corrected chi connectivity index (χ4v) is 4.44. The highest BCUT2D eigenvalue weighted by atomic mass is 16.2. The number of benzene rings is 1. The molecular formula is C25H31N9O. The van der Waals surface area contributed by atoms with E-state index in [0.29, 0.717) is 32.1 Å². The first kappa shape index (κ1) is 22.8. The minimum absolute atomic E-state index is 0.0370. The molecule has 2 unspecified atom stereocenters. The summed E-state index contributed by atoms with van der Waals surface area (Å²) in [5.41, 5.74) is 9.17. The number of urea groups is 1. The van der Waals surface area contributed by atoms with Crippen LogP contribution in [-0.2, 0) is 0 Å². The van der Waals surface area contributed by atoms with Gasteiger partial charge in [0, 0.05) is 43.8 Å². The molecule has 2 atom stereocenters. The monoisotopic (exact) mass is 473 g/mol. The first-order chi connectivity index (χ1) is 16.9. The number of piperazine rings is 1. The third kappa shape index (κ3) is 4.43. The summed E-state index contributed by atoms with van der Waals surface area (Å²) in [6, 6.07) is 10.0. The Kier molecular flexibility index (Phi) is 6.10. The number of nitrogens with zero attached hydrogens (tertiary/aromatic N) is 7. The molecule has 10 heteroatoms. The van der Waals surface area contributed by atoms with Crippen LogP contribution in [0.25, 0.3) is 21.9 Å². The maximum absolute atomic E-state index is 11.5. The summed E-state index contributed by atoms with van der Waals surface area (Å²) in [7, 11) is 0. The zero-order valence-corrected chi connectivity index (χ0v) is 20.3. The number of carbonyl (C=O) groups is 1. The number of hydrogen-bond acceptors (Lipinski definition) is 7. The molecule has 10 nitrogen and oxygen atoms in total. The number of nitrogens with two attached hydrogens (primary N) is 1. The maximum Gasteiger partial charge on any atom is 0.314 e. The zero-order valence-electron chi connectivity index (χ0n) is 20.3. The molecule has 0 radical (unpaired) electrons. The third-order valence-corrected chi connectivity index (χ3v) is 6.78. The molecule has 2 amide bonds. The van der Waals surface area contributed by atoms with Crippen molar-refractivity contribution in [1.29, 1.82) is 0 Å². The Morgan fingerprint density at radius 3 is 2.60 bits per heavy atom. The van der Waals surface area contributed by atoms with E-state index in [0.717, 1.165) is 39.7 Å². The first-order valence-corrected chi connectivity index (χ1v) is 12.1. The molecule has 3 aromatic heterocycles. The molecule has 0 saturated carbocycles. The molecule has 182 valence electrons. The molecule has 35 heavy (non-hydrogen) atoms. The smallest absolute Gasteiger partial charge is 0.314 e. The molecule has 3 N–H and O–H groups in total. The zero-order chi connectivity index (χ0) is 24.5. The highest BCUT2D eigenvalue weighted by Crippen LogP contribution is 2.30. The van der Waals surface area contributed by atoms with Crippen molar-refractivity contribution in [3.05, 3.63) is 48.3 Å². The van der Waals surface area contributed by atoms with Crippen LogP contribution in [0.3, 0.4) is 0 Å². The van der Waals surface area contributed by atoms with Gasteiger partial charge in [0.15, 0.2) is 5.82 Å². The van der Waals surface area contributed by atoms with Crippen LogP contribution in [0, 0.1) is 0 Å². The van der Waals surface area contributed by atoms with Gasteiger partial charge in [0.2, 0.25) is 5.95 Å². The van der Waals surface area contributed by atoms with Crippen LogP contribution in [-0.4, -0.2) is 61.8 Å². The van der Waals surface area contributed by atoms with Crippen molar-refractivity contribution in [3.63, 3.8) is 0 Å². The third-order valence-electron chi connectivity index (χ3n) is 6.78. The standard InChI is InChI=1S/C25H31N9O/c1-4-16(2)34-22-21(15-28-34)30-25(33-11-9-32(10-12-33)24(26)35)31-23(22)29-17(3)19-13-18-7-5-6-8-20(18)27-14-19/h5-8,13-17H,4,9-12H2,1-3H3,(H2,26,35)(H,29,30,31). The number of rotatable bonds is 6. The Morgan fingerprint density at radius 2 is 1.86 bits per heavy atom. The van der Waals surface area contributed by atoms with Gasteiger partial charge in [0.25, 0.3) is 0 Å². The molecular weight excluding hydrogens is 442 g/mol. The van der Waals surface area contributed by atoms with Crippen LogP contribution >= 0.6 is 0 Å². The van der Waals surface area contributed by atoms with E-state index in [4.69, 9.17) is 15.7 Å². The van der Waals surface area contributed by atoms with Crippen LogP contribution in [0.4, 0.5) is 16.6 Å². The molecule has 4 heterocycles. The normalized spacial score (nSPS) is 16.0.